The van der Waals surface area contributed by atoms with Gasteiger partial charge in [-0.25, -0.2) is 0 Å². The van der Waals surface area contributed by atoms with Crippen molar-refractivity contribution < 1.29 is 13.9 Å². The van der Waals surface area contributed by atoms with E-state index < -0.39 is 8.03 Å². The molecule has 0 aliphatic carbocycles. The number of benzene rings is 2. The first-order chi connectivity index (χ1) is 10.5. The summed E-state index contributed by atoms with van der Waals surface area (Å²) in [5.41, 5.74) is 2.81. The first kappa shape index (κ1) is 16.7. The van der Waals surface area contributed by atoms with Gasteiger partial charge in [-0.05, 0) is 31.5 Å². The maximum Gasteiger partial charge on any atom is 0.220 e. The lowest BCUT2D eigenvalue weighted by Crippen LogP contribution is -2.17. The molecule has 0 fully saturated rings. The molecule has 0 aromatic heterocycles. The van der Waals surface area contributed by atoms with Gasteiger partial charge in [0.1, 0.15) is 0 Å². The van der Waals surface area contributed by atoms with Crippen LogP contribution in [0.2, 0.25) is 0 Å². The Morgan fingerprint density at radius 3 is 2.45 bits per heavy atom. The number of hydrogen-bond donors (Lipinski definition) is 0. The predicted molar refractivity (Wildman–Crippen MR) is 90.4 cm³/mol. The van der Waals surface area contributed by atoms with E-state index in [0.29, 0.717) is 10.9 Å². The van der Waals surface area contributed by atoms with Crippen LogP contribution in [0.1, 0.15) is 28.4 Å². The minimum absolute atomic E-state index is 0.0281. The van der Waals surface area contributed by atoms with Crippen LogP contribution in [0.3, 0.4) is 0 Å². The van der Waals surface area contributed by atoms with Crippen molar-refractivity contribution in [3.63, 3.8) is 0 Å². The lowest BCUT2D eigenvalue weighted by atomic mass is 9.95. The average molecular weight is 316 g/mol. The van der Waals surface area contributed by atoms with Gasteiger partial charge in [-0.1, -0.05) is 48.9 Å². The Kier molecular flexibility index (Phi) is 5.70. The fraction of sp³-hybridized carbons (Fsp3) is 0.278. The Labute approximate surface area is 132 Å². The highest BCUT2D eigenvalue weighted by Gasteiger charge is 2.18. The number of ketones is 1. The van der Waals surface area contributed by atoms with E-state index in [0.717, 1.165) is 11.1 Å². The van der Waals surface area contributed by atoms with Crippen LogP contribution in [0.5, 0.6) is 0 Å². The summed E-state index contributed by atoms with van der Waals surface area (Å²) in [7, 11) is -2.30. The van der Waals surface area contributed by atoms with E-state index in [1.165, 1.54) is 0 Å². The zero-order valence-electron chi connectivity index (χ0n) is 13.1. The van der Waals surface area contributed by atoms with Crippen molar-refractivity contribution >= 4 is 19.1 Å². The number of Topliss-reactive ketones (excluding diaryl/α,β-unsaturated/α-hetero) is 1. The van der Waals surface area contributed by atoms with E-state index in [1.54, 1.807) is 12.1 Å². The van der Waals surface area contributed by atoms with Crippen molar-refractivity contribution in [1.82, 2.24) is 0 Å². The number of carbonyl (C=O) groups excluding carboxylic acids is 1. The van der Waals surface area contributed by atoms with E-state index >= 15 is 0 Å². The standard InChI is InChI=1S/C18H21O3P/c1-13-9-10-17(14(2)11-13)18(19)15(3)12-21-22(20)16-7-5-4-6-8-16/h4-11,15,22H,12H2,1-3H3. The Morgan fingerprint density at radius 2 is 1.82 bits per heavy atom. The molecule has 0 bridgehead atoms. The molecule has 0 heterocycles. The van der Waals surface area contributed by atoms with Crippen LogP contribution in [0, 0.1) is 19.8 Å². The molecule has 2 rings (SSSR count). The normalized spacial score (nSPS) is 13.6. The van der Waals surface area contributed by atoms with Gasteiger partial charge in [0.05, 0.1) is 6.61 Å². The second-order valence-electron chi connectivity index (χ2n) is 5.55. The SMILES string of the molecule is Cc1ccc(C(=O)C(C)CO[PH](=O)c2ccccc2)c(C)c1. The smallest absolute Gasteiger partial charge is 0.220 e. The molecule has 116 valence electrons. The second-order valence-corrected chi connectivity index (χ2v) is 6.99. The third-order valence-corrected chi connectivity index (χ3v) is 4.80. The fourth-order valence-corrected chi connectivity index (χ4v) is 3.32. The van der Waals surface area contributed by atoms with Crippen LogP contribution in [0.25, 0.3) is 0 Å². The van der Waals surface area contributed by atoms with Crippen LogP contribution >= 0.6 is 8.03 Å². The largest absolute Gasteiger partial charge is 0.327 e. The summed E-state index contributed by atoms with van der Waals surface area (Å²) in [6, 6.07) is 14.8. The van der Waals surface area contributed by atoms with Gasteiger partial charge in [0.15, 0.2) is 5.78 Å². The summed E-state index contributed by atoms with van der Waals surface area (Å²) in [5, 5.41) is 0.679. The van der Waals surface area contributed by atoms with Crippen molar-refractivity contribution in [2.24, 2.45) is 5.92 Å². The first-order valence-corrected chi connectivity index (χ1v) is 8.64. The maximum atomic E-state index is 12.5. The van der Waals surface area contributed by atoms with Crippen LogP contribution in [0.15, 0.2) is 48.5 Å². The number of carbonyl (C=O) groups is 1. The van der Waals surface area contributed by atoms with Gasteiger partial charge in [-0.3, -0.25) is 9.36 Å². The van der Waals surface area contributed by atoms with E-state index in [2.05, 4.69) is 0 Å². The molecule has 3 nitrogen and oxygen atoms in total. The molecule has 0 radical (unpaired) electrons. The van der Waals surface area contributed by atoms with Crippen molar-refractivity contribution in [1.29, 1.82) is 0 Å². The van der Waals surface area contributed by atoms with E-state index in [4.69, 9.17) is 4.52 Å². The monoisotopic (exact) mass is 316 g/mol. The fourth-order valence-electron chi connectivity index (χ4n) is 2.29. The molecular weight excluding hydrogens is 295 g/mol. The van der Waals surface area contributed by atoms with Crippen molar-refractivity contribution in [3.05, 3.63) is 65.2 Å². The van der Waals surface area contributed by atoms with Crippen molar-refractivity contribution in [2.75, 3.05) is 6.61 Å². The summed E-state index contributed by atoms with van der Waals surface area (Å²) in [5.74, 6) is -0.292. The van der Waals surface area contributed by atoms with Gasteiger partial charge in [-0.15, -0.1) is 0 Å². The molecule has 22 heavy (non-hydrogen) atoms. The van der Waals surface area contributed by atoms with Crippen LogP contribution in [0.4, 0.5) is 0 Å². The molecule has 0 aliphatic heterocycles. The number of aryl methyl sites for hydroxylation is 2. The second kappa shape index (κ2) is 7.53. The van der Waals surface area contributed by atoms with Gasteiger partial charge >= 0.3 is 0 Å². The van der Waals surface area contributed by atoms with Crippen LogP contribution in [-0.2, 0) is 9.09 Å². The maximum absolute atomic E-state index is 12.5. The molecule has 0 saturated heterocycles. The Balaban J connectivity index is 1.98. The molecule has 0 amide bonds. The molecule has 0 saturated carbocycles. The summed E-state index contributed by atoms with van der Waals surface area (Å²) >= 11 is 0. The summed E-state index contributed by atoms with van der Waals surface area (Å²) in [6.07, 6.45) is 0. The third kappa shape index (κ3) is 4.16. The Hall–Kier alpha value is -1.70. The quantitative estimate of drug-likeness (QED) is 0.599. The van der Waals surface area contributed by atoms with Crippen molar-refractivity contribution in [2.45, 2.75) is 20.8 Å². The molecule has 2 atom stereocenters. The van der Waals surface area contributed by atoms with Gasteiger partial charge in [0.25, 0.3) is 0 Å². The zero-order chi connectivity index (χ0) is 16.1. The highest BCUT2D eigenvalue weighted by Crippen LogP contribution is 2.24. The van der Waals surface area contributed by atoms with Crippen molar-refractivity contribution in [3.8, 4) is 0 Å². The molecular formula is C18H21O3P. The lowest BCUT2D eigenvalue weighted by Gasteiger charge is -2.13. The van der Waals surface area contributed by atoms with E-state index in [1.807, 2.05) is 57.2 Å². The molecule has 0 N–H and O–H groups in total. The number of rotatable bonds is 6. The average Bonchev–Trinajstić information content (AvgIpc) is 2.52. The molecule has 2 aromatic carbocycles. The van der Waals surface area contributed by atoms with Gasteiger partial charge in [0.2, 0.25) is 8.03 Å². The van der Waals surface area contributed by atoms with Gasteiger partial charge in [0, 0.05) is 16.8 Å². The topological polar surface area (TPSA) is 43.4 Å². The molecule has 4 heteroatoms. The highest BCUT2D eigenvalue weighted by atomic mass is 31.1. The molecule has 2 aromatic rings. The summed E-state index contributed by atoms with van der Waals surface area (Å²) < 4.78 is 17.5. The third-order valence-electron chi connectivity index (χ3n) is 3.57. The van der Waals surface area contributed by atoms with E-state index in [-0.39, 0.29) is 18.3 Å². The Morgan fingerprint density at radius 1 is 1.14 bits per heavy atom. The summed E-state index contributed by atoms with van der Waals surface area (Å²) in [6.45, 7) is 5.90. The highest BCUT2D eigenvalue weighted by molar-refractivity contribution is 7.48. The summed E-state index contributed by atoms with van der Waals surface area (Å²) in [4.78, 5) is 12.5. The minimum Gasteiger partial charge on any atom is -0.327 e. The number of hydrogen-bond acceptors (Lipinski definition) is 3. The zero-order valence-corrected chi connectivity index (χ0v) is 14.1. The van der Waals surface area contributed by atoms with Gasteiger partial charge in [-0.2, -0.15) is 0 Å². The Bertz CT molecular complexity index is 680. The molecule has 0 aliphatic rings. The minimum atomic E-state index is -2.30. The van der Waals surface area contributed by atoms with Crippen LogP contribution in [-0.4, -0.2) is 12.4 Å². The molecule has 0 spiro atoms. The molecule has 2 unspecified atom stereocenters. The van der Waals surface area contributed by atoms with Gasteiger partial charge < -0.3 is 4.52 Å². The first-order valence-electron chi connectivity index (χ1n) is 7.32. The van der Waals surface area contributed by atoms with Crippen LogP contribution < -0.4 is 5.30 Å². The lowest BCUT2D eigenvalue weighted by molar-refractivity contribution is 0.0893. The van der Waals surface area contributed by atoms with E-state index in [9.17, 15) is 9.36 Å². The predicted octanol–water partition coefficient (Wildman–Crippen LogP) is 3.94.